The lowest BCUT2D eigenvalue weighted by Crippen LogP contribution is -2.51. The first kappa shape index (κ1) is 23.5. The van der Waals surface area contributed by atoms with Crippen LogP contribution in [0.3, 0.4) is 0 Å². The molecule has 3 saturated carbocycles. The zero-order chi connectivity index (χ0) is 23.4. The maximum atomic E-state index is 11.4. The molecule has 1 aromatic rings. The Kier molecular flexibility index (Phi) is 6.04. The van der Waals surface area contributed by atoms with E-state index in [1.807, 2.05) is 6.07 Å². The molecule has 182 valence electrons. The van der Waals surface area contributed by atoms with Crippen LogP contribution in [0.4, 0.5) is 0 Å². The van der Waals surface area contributed by atoms with E-state index in [0.29, 0.717) is 30.1 Å². The molecule has 0 amide bonds. The number of aliphatic hydroxyl groups excluding tert-OH is 1. The van der Waals surface area contributed by atoms with Gasteiger partial charge in [0.2, 0.25) is 0 Å². The van der Waals surface area contributed by atoms with Crippen LogP contribution in [0, 0.1) is 34.5 Å². The molecule has 8 atom stereocenters. The van der Waals surface area contributed by atoms with Gasteiger partial charge in [0.15, 0.2) is 0 Å². The molecular formula is C27H39NO4S. The molecule has 5 nitrogen and oxygen atoms in total. The van der Waals surface area contributed by atoms with Crippen LogP contribution in [-0.2, 0) is 20.9 Å². The average Bonchev–Trinajstić information content (AvgIpc) is 3.11. The fourth-order valence-corrected chi connectivity index (χ4v) is 9.11. The summed E-state index contributed by atoms with van der Waals surface area (Å²) in [6.45, 7) is 4.86. The zero-order valence-corrected chi connectivity index (χ0v) is 20.8. The molecule has 0 radical (unpaired) electrons. The van der Waals surface area contributed by atoms with Gasteiger partial charge in [0.25, 0.3) is 0 Å². The lowest BCUT2D eigenvalue weighted by Gasteiger charge is -2.58. The zero-order valence-electron chi connectivity index (χ0n) is 19.9. The molecule has 5 rings (SSSR count). The van der Waals surface area contributed by atoms with Crippen LogP contribution in [0.5, 0.6) is 0 Å². The quantitative estimate of drug-likeness (QED) is 0.604. The molecule has 0 aliphatic heterocycles. The highest BCUT2D eigenvalue weighted by atomic mass is 32.2. The Morgan fingerprint density at radius 2 is 1.85 bits per heavy atom. The fraction of sp³-hybridized carbons (Fsp3) is 0.704. The third-order valence-electron chi connectivity index (χ3n) is 10.2. The predicted octanol–water partition coefficient (Wildman–Crippen LogP) is 4.76. The van der Waals surface area contributed by atoms with Crippen molar-refractivity contribution in [2.75, 3.05) is 0 Å². The minimum atomic E-state index is -3.91. The second kappa shape index (κ2) is 8.47. The number of hydrogen-bond acceptors (Lipinski definition) is 4. The molecule has 0 aromatic heterocycles. The lowest BCUT2D eigenvalue weighted by molar-refractivity contribution is -0.0689. The van der Waals surface area contributed by atoms with Crippen LogP contribution in [-0.4, -0.2) is 25.7 Å². The number of aliphatic hydroxyl groups is 1. The minimum Gasteiger partial charge on any atom is -0.392 e. The van der Waals surface area contributed by atoms with E-state index in [-0.39, 0.29) is 23.0 Å². The van der Waals surface area contributed by atoms with Crippen LogP contribution in [0.2, 0.25) is 0 Å². The van der Waals surface area contributed by atoms with Crippen LogP contribution in [0.25, 0.3) is 0 Å². The molecule has 2 unspecified atom stereocenters. The molecular weight excluding hydrogens is 434 g/mol. The summed E-state index contributed by atoms with van der Waals surface area (Å²) >= 11 is 0. The van der Waals surface area contributed by atoms with Crippen LogP contribution in [0.1, 0.15) is 70.8 Å². The van der Waals surface area contributed by atoms with E-state index in [0.717, 1.165) is 32.1 Å². The summed E-state index contributed by atoms with van der Waals surface area (Å²) in [6.07, 6.45) is 10.7. The summed E-state index contributed by atoms with van der Waals surface area (Å²) in [6, 6.07) is 10.4. The molecule has 0 heterocycles. The van der Waals surface area contributed by atoms with Gasteiger partial charge in [0, 0.05) is 0 Å². The SMILES string of the molecule is C[C@]12CC[C@H]3[C@@H](CC=C4CC(OS(N)(=O)=O)CC[C@@]43C)[C@@H]1CC[C@@H]2C(O)Cc1ccccc1. The normalized spacial score (nSPS) is 41.5. The number of fused-ring (bicyclic) bond motifs is 5. The molecule has 3 fully saturated rings. The minimum absolute atomic E-state index is 0.128. The molecule has 33 heavy (non-hydrogen) atoms. The first-order chi connectivity index (χ1) is 15.6. The van der Waals surface area contributed by atoms with Gasteiger partial charge in [-0.1, -0.05) is 55.8 Å². The summed E-state index contributed by atoms with van der Waals surface area (Å²) in [5, 5.41) is 16.4. The Hall–Kier alpha value is -1.21. The Labute approximate surface area is 199 Å². The van der Waals surface area contributed by atoms with Crippen LogP contribution in [0.15, 0.2) is 42.0 Å². The summed E-state index contributed by atoms with van der Waals surface area (Å²) in [7, 11) is -3.91. The monoisotopic (exact) mass is 473 g/mol. The van der Waals surface area contributed by atoms with Crippen molar-refractivity contribution in [3.63, 3.8) is 0 Å². The van der Waals surface area contributed by atoms with E-state index in [1.165, 1.54) is 30.4 Å². The fourth-order valence-electron chi connectivity index (χ4n) is 8.57. The maximum Gasteiger partial charge on any atom is 0.333 e. The van der Waals surface area contributed by atoms with E-state index < -0.39 is 10.3 Å². The van der Waals surface area contributed by atoms with Crippen molar-refractivity contribution in [2.24, 2.45) is 39.6 Å². The highest BCUT2D eigenvalue weighted by Gasteiger charge is 2.59. The van der Waals surface area contributed by atoms with Crippen molar-refractivity contribution in [3.05, 3.63) is 47.5 Å². The van der Waals surface area contributed by atoms with Gasteiger partial charge >= 0.3 is 10.3 Å². The Morgan fingerprint density at radius 1 is 1.09 bits per heavy atom. The van der Waals surface area contributed by atoms with E-state index in [2.05, 4.69) is 44.2 Å². The number of hydrogen-bond donors (Lipinski definition) is 2. The molecule has 0 spiro atoms. The second-order valence-electron chi connectivity index (χ2n) is 11.7. The van der Waals surface area contributed by atoms with Gasteiger partial charge in [-0.25, -0.2) is 5.14 Å². The van der Waals surface area contributed by atoms with E-state index in [1.54, 1.807) is 0 Å². The topological polar surface area (TPSA) is 89.6 Å². The molecule has 0 bridgehead atoms. The van der Waals surface area contributed by atoms with Gasteiger partial charge in [-0.05, 0) is 97.9 Å². The summed E-state index contributed by atoms with van der Waals surface area (Å²) in [5.41, 5.74) is 2.93. The van der Waals surface area contributed by atoms with Gasteiger partial charge in [0.1, 0.15) is 0 Å². The highest BCUT2D eigenvalue weighted by Crippen LogP contribution is 2.66. The van der Waals surface area contributed by atoms with Gasteiger partial charge < -0.3 is 5.11 Å². The van der Waals surface area contributed by atoms with E-state index >= 15 is 0 Å². The standard InChI is InChI=1S/C27H39NO4S/c1-26-14-12-20(32-33(28,30)31)17-19(26)8-9-21-22-10-11-24(27(22,2)15-13-23(21)26)25(29)16-18-6-4-3-5-7-18/h3-8,20-25,29H,9-17H2,1-2H3,(H2,28,30,31)/t20?,21-,22-,23-,24+,25?,26-,27-/m0/s1. The van der Waals surface area contributed by atoms with Crippen molar-refractivity contribution >= 4 is 10.3 Å². The lowest BCUT2D eigenvalue weighted by atomic mass is 9.47. The van der Waals surface area contributed by atoms with Crippen molar-refractivity contribution in [1.82, 2.24) is 0 Å². The Bertz CT molecular complexity index is 1010. The number of nitrogens with two attached hydrogens (primary N) is 1. The van der Waals surface area contributed by atoms with Gasteiger partial charge in [0.05, 0.1) is 12.2 Å². The average molecular weight is 474 g/mol. The number of allylic oxidation sites excluding steroid dienone is 1. The Morgan fingerprint density at radius 3 is 2.58 bits per heavy atom. The largest absolute Gasteiger partial charge is 0.392 e. The van der Waals surface area contributed by atoms with Crippen molar-refractivity contribution in [3.8, 4) is 0 Å². The smallest absolute Gasteiger partial charge is 0.333 e. The molecule has 4 aliphatic rings. The van der Waals surface area contributed by atoms with Crippen LogP contribution >= 0.6 is 0 Å². The van der Waals surface area contributed by atoms with E-state index in [9.17, 15) is 13.5 Å². The molecule has 4 aliphatic carbocycles. The predicted molar refractivity (Wildman–Crippen MR) is 129 cm³/mol. The second-order valence-corrected chi connectivity index (χ2v) is 12.9. The third kappa shape index (κ3) is 4.22. The summed E-state index contributed by atoms with van der Waals surface area (Å²) in [5.74, 6) is 2.30. The highest BCUT2D eigenvalue weighted by molar-refractivity contribution is 7.84. The van der Waals surface area contributed by atoms with Crippen molar-refractivity contribution in [2.45, 2.75) is 83.8 Å². The van der Waals surface area contributed by atoms with Crippen molar-refractivity contribution < 1.29 is 17.7 Å². The first-order valence-corrected chi connectivity index (χ1v) is 14.2. The molecule has 6 heteroatoms. The maximum absolute atomic E-state index is 11.4. The van der Waals surface area contributed by atoms with Crippen molar-refractivity contribution in [1.29, 1.82) is 0 Å². The molecule has 1 aromatic carbocycles. The number of benzene rings is 1. The summed E-state index contributed by atoms with van der Waals surface area (Å²) in [4.78, 5) is 0. The van der Waals surface area contributed by atoms with Crippen LogP contribution < -0.4 is 5.14 Å². The third-order valence-corrected chi connectivity index (χ3v) is 10.7. The van der Waals surface area contributed by atoms with E-state index in [4.69, 9.17) is 9.32 Å². The van der Waals surface area contributed by atoms with Gasteiger partial charge in [-0.2, -0.15) is 8.42 Å². The van der Waals surface area contributed by atoms with Gasteiger partial charge in [-0.3, -0.25) is 4.18 Å². The van der Waals surface area contributed by atoms with Gasteiger partial charge in [-0.15, -0.1) is 0 Å². The first-order valence-electron chi connectivity index (χ1n) is 12.7. The number of rotatable bonds is 5. The summed E-state index contributed by atoms with van der Waals surface area (Å²) < 4.78 is 28.1. The molecule has 3 N–H and O–H groups in total. The Balaban J connectivity index is 1.33. The molecule has 0 saturated heterocycles.